The fourth-order valence-electron chi connectivity index (χ4n) is 1.40. The second-order valence-electron chi connectivity index (χ2n) is 3.25. The van der Waals surface area contributed by atoms with Gasteiger partial charge in [0.1, 0.15) is 0 Å². The maximum Gasteiger partial charge on any atom is 0.0993 e. The Morgan fingerprint density at radius 3 is 1.79 bits per heavy atom. The number of hydrazine groups is 2. The molecular formula is C8H16N6. The standard InChI is InChI=1S/C8H16N6/c1(11-13-5-3-9-7-13)2-12-14-6-4-10-8-14/h7-8,11-12H,1-6H2. The van der Waals surface area contributed by atoms with E-state index in [1.807, 2.05) is 22.7 Å². The number of nitrogens with one attached hydrogen (secondary N) is 2. The lowest BCUT2D eigenvalue weighted by Gasteiger charge is -2.18. The minimum atomic E-state index is 0.899. The number of aliphatic imine (C=N–C) groups is 2. The van der Waals surface area contributed by atoms with Gasteiger partial charge in [-0.3, -0.25) is 20.0 Å². The highest BCUT2D eigenvalue weighted by Gasteiger charge is 2.05. The van der Waals surface area contributed by atoms with Crippen LogP contribution in [0.15, 0.2) is 9.98 Å². The molecule has 2 N–H and O–H groups in total. The minimum Gasteiger partial charge on any atom is -0.297 e. The lowest BCUT2D eigenvalue weighted by atomic mass is 10.6. The molecule has 0 bridgehead atoms. The molecule has 0 spiro atoms. The zero-order valence-corrected chi connectivity index (χ0v) is 8.19. The second kappa shape index (κ2) is 4.92. The van der Waals surface area contributed by atoms with Crippen LogP contribution in [0.3, 0.4) is 0 Å². The molecule has 78 valence electrons. The molecule has 0 radical (unpaired) electrons. The van der Waals surface area contributed by atoms with Crippen molar-refractivity contribution >= 4 is 12.7 Å². The van der Waals surface area contributed by atoms with Crippen LogP contribution in [-0.2, 0) is 0 Å². The van der Waals surface area contributed by atoms with Crippen molar-refractivity contribution in [1.82, 2.24) is 20.9 Å². The van der Waals surface area contributed by atoms with Gasteiger partial charge in [0.15, 0.2) is 0 Å². The molecule has 0 atom stereocenters. The van der Waals surface area contributed by atoms with Crippen LogP contribution in [-0.4, -0.2) is 62.0 Å². The molecule has 0 saturated carbocycles. The van der Waals surface area contributed by atoms with Gasteiger partial charge in [-0.05, 0) is 0 Å². The molecule has 2 aliphatic rings. The van der Waals surface area contributed by atoms with Crippen LogP contribution in [0.25, 0.3) is 0 Å². The highest BCUT2D eigenvalue weighted by molar-refractivity contribution is 5.56. The number of hydrogen-bond acceptors (Lipinski definition) is 6. The molecule has 0 aliphatic carbocycles. The van der Waals surface area contributed by atoms with E-state index < -0.39 is 0 Å². The van der Waals surface area contributed by atoms with Gasteiger partial charge < -0.3 is 0 Å². The molecule has 2 rings (SSSR count). The summed E-state index contributed by atoms with van der Waals surface area (Å²) in [5.74, 6) is 0. The predicted octanol–water partition coefficient (Wildman–Crippen LogP) is -1.32. The van der Waals surface area contributed by atoms with E-state index in [2.05, 4.69) is 20.8 Å². The molecule has 0 aromatic rings. The third-order valence-corrected chi connectivity index (χ3v) is 2.14. The smallest absolute Gasteiger partial charge is 0.0993 e. The second-order valence-corrected chi connectivity index (χ2v) is 3.25. The van der Waals surface area contributed by atoms with E-state index in [4.69, 9.17) is 0 Å². The van der Waals surface area contributed by atoms with Crippen LogP contribution in [0.2, 0.25) is 0 Å². The van der Waals surface area contributed by atoms with Crippen molar-refractivity contribution in [1.29, 1.82) is 0 Å². The first-order valence-electron chi connectivity index (χ1n) is 4.95. The van der Waals surface area contributed by atoms with Gasteiger partial charge in [-0.1, -0.05) is 0 Å². The molecule has 0 fully saturated rings. The Hall–Kier alpha value is -1.14. The van der Waals surface area contributed by atoms with Gasteiger partial charge in [-0.25, -0.2) is 10.9 Å². The maximum atomic E-state index is 4.11. The highest BCUT2D eigenvalue weighted by Crippen LogP contribution is 1.88. The first-order chi connectivity index (χ1) is 6.95. The van der Waals surface area contributed by atoms with Crippen molar-refractivity contribution in [2.24, 2.45) is 9.98 Å². The van der Waals surface area contributed by atoms with Crippen molar-refractivity contribution in [2.45, 2.75) is 0 Å². The zero-order valence-electron chi connectivity index (χ0n) is 8.19. The summed E-state index contributed by atoms with van der Waals surface area (Å²) in [5.41, 5.74) is 6.51. The normalized spacial score (nSPS) is 20.0. The monoisotopic (exact) mass is 196 g/mol. The topological polar surface area (TPSA) is 55.3 Å². The number of rotatable bonds is 5. The first-order valence-corrected chi connectivity index (χ1v) is 4.95. The van der Waals surface area contributed by atoms with Crippen LogP contribution >= 0.6 is 0 Å². The third-order valence-electron chi connectivity index (χ3n) is 2.14. The maximum absolute atomic E-state index is 4.11. The summed E-state index contributed by atoms with van der Waals surface area (Å²) in [6, 6.07) is 0. The van der Waals surface area contributed by atoms with Crippen molar-refractivity contribution in [2.75, 3.05) is 39.3 Å². The van der Waals surface area contributed by atoms with Gasteiger partial charge in [-0.2, -0.15) is 0 Å². The summed E-state index contributed by atoms with van der Waals surface area (Å²) in [4.78, 5) is 8.21. The molecule has 0 saturated heterocycles. The van der Waals surface area contributed by atoms with E-state index in [9.17, 15) is 0 Å². The summed E-state index contributed by atoms with van der Waals surface area (Å²) in [6.45, 7) is 5.56. The van der Waals surface area contributed by atoms with E-state index >= 15 is 0 Å². The van der Waals surface area contributed by atoms with Crippen molar-refractivity contribution in [3.63, 3.8) is 0 Å². The van der Waals surface area contributed by atoms with Gasteiger partial charge in [0.25, 0.3) is 0 Å². The molecular weight excluding hydrogens is 180 g/mol. The van der Waals surface area contributed by atoms with E-state index in [-0.39, 0.29) is 0 Å². The van der Waals surface area contributed by atoms with Crippen molar-refractivity contribution in [3.8, 4) is 0 Å². The van der Waals surface area contributed by atoms with Gasteiger partial charge >= 0.3 is 0 Å². The molecule has 6 nitrogen and oxygen atoms in total. The summed E-state index contributed by atoms with van der Waals surface area (Å²) < 4.78 is 0. The van der Waals surface area contributed by atoms with Crippen LogP contribution in [0.4, 0.5) is 0 Å². The molecule has 0 unspecified atom stereocenters. The Labute approximate surface area is 83.6 Å². The molecule has 6 heteroatoms. The van der Waals surface area contributed by atoms with Gasteiger partial charge in [0, 0.05) is 13.1 Å². The average molecular weight is 196 g/mol. The summed E-state index contributed by atoms with van der Waals surface area (Å²) in [5, 5.41) is 4.03. The van der Waals surface area contributed by atoms with Gasteiger partial charge in [0.05, 0.1) is 38.9 Å². The largest absolute Gasteiger partial charge is 0.297 e. The molecule has 0 aromatic heterocycles. The summed E-state index contributed by atoms with van der Waals surface area (Å²) >= 11 is 0. The first kappa shape index (κ1) is 9.42. The summed E-state index contributed by atoms with van der Waals surface area (Å²) in [7, 11) is 0. The lowest BCUT2D eigenvalue weighted by Crippen LogP contribution is -2.44. The fraction of sp³-hybridized carbons (Fsp3) is 0.750. The number of nitrogens with zero attached hydrogens (tertiary/aromatic N) is 4. The number of hydrogen-bond donors (Lipinski definition) is 2. The van der Waals surface area contributed by atoms with E-state index in [1.165, 1.54) is 0 Å². The lowest BCUT2D eigenvalue weighted by molar-refractivity contribution is 0.298. The van der Waals surface area contributed by atoms with Crippen molar-refractivity contribution < 1.29 is 0 Å². The van der Waals surface area contributed by atoms with Crippen LogP contribution in [0.5, 0.6) is 0 Å². The zero-order chi connectivity index (χ0) is 9.64. The Bertz CT molecular complexity index is 202. The van der Waals surface area contributed by atoms with E-state index in [0.29, 0.717) is 0 Å². The SMILES string of the molecule is C1=NCCN1NCCNN1C=NCC1. The Balaban J connectivity index is 1.50. The molecule has 2 heterocycles. The molecule has 14 heavy (non-hydrogen) atoms. The fourth-order valence-corrected chi connectivity index (χ4v) is 1.40. The molecule has 0 amide bonds. The van der Waals surface area contributed by atoms with Crippen molar-refractivity contribution in [3.05, 3.63) is 0 Å². The van der Waals surface area contributed by atoms with Gasteiger partial charge in [0.2, 0.25) is 0 Å². The average Bonchev–Trinajstić information content (AvgIpc) is 2.86. The predicted molar refractivity (Wildman–Crippen MR) is 56.1 cm³/mol. The molecule has 2 aliphatic heterocycles. The Morgan fingerprint density at radius 1 is 0.929 bits per heavy atom. The van der Waals surface area contributed by atoms with E-state index in [1.54, 1.807) is 0 Å². The molecule has 0 aromatic carbocycles. The minimum absolute atomic E-state index is 0.899. The van der Waals surface area contributed by atoms with E-state index in [0.717, 1.165) is 39.3 Å². The highest BCUT2D eigenvalue weighted by atomic mass is 15.6. The van der Waals surface area contributed by atoms with Crippen LogP contribution in [0, 0.1) is 0 Å². The summed E-state index contributed by atoms with van der Waals surface area (Å²) in [6.07, 6.45) is 3.69. The quantitative estimate of drug-likeness (QED) is 0.536. The van der Waals surface area contributed by atoms with Crippen LogP contribution < -0.4 is 10.9 Å². The van der Waals surface area contributed by atoms with Gasteiger partial charge in [-0.15, -0.1) is 0 Å². The van der Waals surface area contributed by atoms with Crippen LogP contribution in [0.1, 0.15) is 0 Å². The Morgan fingerprint density at radius 2 is 1.43 bits per heavy atom. The Kier molecular flexibility index (Phi) is 3.31. The third kappa shape index (κ3) is 2.68.